The molecular weight excluding hydrogens is 302 g/mol. The first kappa shape index (κ1) is 17.5. The highest BCUT2D eigenvalue weighted by molar-refractivity contribution is 7.91. The molecule has 22 heavy (non-hydrogen) atoms. The lowest BCUT2D eigenvalue weighted by Crippen LogP contribution is -2.51. The Balaban J connectivity index is 1.72. The third-order valence-corrected chi connectivity index (χ3v) is 6.19. The number of hydrogen-bond donors (Lipinski definition) is 2. The number of likely N-dealkylation sites (tertiary alicyclic amines) is 1. The van der Waals surface area contributed by atoms with E-state index in [1.807, 2.05) is 6.92 Å². The number of nitrogens with one attached hydrogen (secondary N) is 2. The molecule has 0 bridgehead atoms. The van der Waals surface area contributed by atoms with Crippen LogP contribution in [0.15, 0.2) is 0 Å². The molecule has 2 N–H and O–H groups in total. The Morgan fingerprint density at radius 3 is 2.45 bits per heavy atom. The van der Waals surface area contributed by atoms with Crippen molar-refractivity contribution in [1.29, 1.82) is 0 Å². The van der Waals surface area contributed by atoms with Crippen molar-refractivity contribution in [3.05, 3.63) is 0 Å². The van der Waals surface area contributed by atoms with Gasteiger partial charge in [-0.15, -0.1) is 0 Å². The van der Waals surface area contributed by atoms with Crippen LogP contribution in [0.2, 0.25) is 0 Å². The second-order valence-electron chi connectivity index (χ2n) is 7.28. The quantitative estimate of drug-likeness (QED) is 0.800. The molecule has 0 aromatic heterocycles. The Morgan fingerprint density at radius 2 is 1.91 bits per heavy atom. The number of nitrogens with zero attached hydrogens (tertiary/aromatic N) is 1. The molecule has 4 atom stereocenters. The number of piperidine rings is 1. The normalized spacial score (nSPS) is 33.3. The second-order valence-corrected chi connectivity index (χ2v) is 9.51. The fraction of sp³-hybridized carbons (Fsp3) is 0.933. The first-order chi connectivity index (χ1) is 10.2. The molecule has 6 nitrogen and oxygen atoms in total. The predicted octanol–water partition coefficient (Wildman–Crippen LogP) is 0.839. The standard InChI is InChI=1S/C15H29N3O3S/c1-11-6-12(2)8-18(7-11)9-13(3)16-15(19)17-14-4-5-22(20,21)10-14/h11-14H,4-10H2,1-3H3,(H2,16,17,19). The maximum atomic E-state index is 12.0. The monoisotopic (exact) mass is 331 g/mol. The van der Waals surface area contributed by atoms with E-state index in [2.05, 4.69) is 29.4 Å². The average molecular weight is 331 g/mol. The molecule has 2 amide bonds. The summed E-state index contributed by atoms with van der Waals surface area (Å²) in [7, 11) is -2.96. The van der Waals surface area contributed by atoms with Crippen molar-refractivity contribution in [2.24, 2.45) is 11.8 Å². The summed E-state index contributed by atoms with van der Waals surface area (Å²) >= 11 is 0. The summed E-state index contributed by atoms with van der Waals surface area (Å²) in [5, 5.41) is 5.70. The van der Waals surface area contributed by atoms with Crippen LogP contribution in [0, 0.1) is 11.8 Å². The molecule has 2 saturated heterocycles. The lowest BCUT2D eigenvalue weighted by molar-refractivity contribution is 0.131. The van der Waals surface area contributed by atoms with E-state index in [0.717, 1.165) is 19.6 Å². The average Bonchev–Trinajstić information content (AvgIpc) is 2.66. The first-order valence-corrected chi connectivity index (χ1v) is 10.1. The number of carbonyl (C=O) groups excluding carboxylic acids is 1. The third-order valence-electron chi connectivity index (χ3n) is 4.42. The summed E-state index contributed by atoms with van der Waals surface area (Å²) in [5.74, 6) is 1.65. The molecule has 2 aliphatic heterocycles. The third kappa shape index (κ3) is 5.43. The lowest BCUT2D eigenvalue weighted by Gasteiger charge is -2.36. The van der Waals surface area contributed by atoms with E-state index in [0.29, 0.717) is 18.3 Å². The molecule has 0 aromatic carbocycles. The van der Waals surface area contributed by atoms with Gasteiger partial charge in [-0.25, -0.2) is 13.2 Å². The van der Waals surface area contributed by atoms with Crippen LogP contribution in [0.4, 0.5) is 4.79 Å². The van der Waals surface area contributed by atoms with Gasteiger partial charge >= 0.3 is 6.03 Å². The molecule has 4 unspecified atom stereocenters. The Hall–Kier alpha value is -0.820. The lowest BCUT2D eigenvalue weighted by atomic mass is 9.92. The molecule has 0 radical (unpaired) electrons. The molecule has 7 heteroatoms. The molecule has 2 heterocycles. The van der Waals surface area contributed by atoms with Crippen molar-refractivity contribution < 1.29 is 13.2 Å². The van der Waals surface area contributed by atoms with Crippen LogP contribution in [-0.2, 0) is 9.84 Å². The summed E-state index contributed by atoms with van der Waals surface area (Å²) < 4.78 is 22.8. The fourth-order valence-corrected chi connectivity index (χ4v) is 5.41. The van der Waals surface area contributed by atoms with Crippen LogP contribution < -0.4 is 10.6 Å². The van der Waals surface area contributed by atoms with Crippen LogP contribution in [-0.4, -0.2) is 62.6 Å². The highest BCUT2D eigenvalue weighted by Crippen LogP contribution is 2.20. The van der Waals surface area contributed by atoms with E-state index in [1.54, 1.807) is 0 Å². The zero-order valence-corrected chi connectivity index (χ0v) is 14.7. The summed E-state index contributed by atoms with van der Waals surface area (Å²) in [5.41, 5.74) is 0. The SMILES string of the molecule is CC1CC(C)CN(CC(C)NC(=O)NC2CCS(=O)(=O)C2)C1. The Bertz CT molecular complexity index is 484. The van der Waals surface area contributed by atoms with Gasteiger partial charge < -0.3 is 15.5 Å². The van der Waals surface area contributed by atoms with Gasteiger partial charge in [0, 0.05) is 31.7 Å². The van der Waals surface area contributed by atoms with Crippen molar-refractivity contribution in [3.8, 4) is 0 Å². The zero-order chi connectivity index (χ0) is 16.3. The van der Waals surface area contributed by atoms with E-state index in [1.165, 1.54) is 6.42 Å². The second kappa shape index (κ2) is 7.17. The predicted molar refractivity (Wildman–Crippen MR) is 87.6 cm³/mol. The van der Waals surface area contributed by atoms with Gasteiger partial charge in [0.15, 0.2) is 9.84 Å². The molecule has 0 saturated carbocycles. The van der Waals surface area contributed by atoms with E-state index in [9.17, 15) is 13.2 Å². The van der Waals surface area contributed by atoms with E-state index >= 15 is 0 Å². The Morgan fingerprint density at radius 1 is 1.27 bits per heavy atom. The van der Waals surface area contributed by atoms with E-state index in [4.69, 9.17) is 0 Å². The van der Waals surface area contributed by atoms with Crippen LogP contribution in [0.3, 0.4) is 0 Å². The van der Waals surface area contributed by atoms with Gasteiger partial charge in [-0.1, -0.05) is 13.8 Å². The molecule has 0 spiro atoms. The van der Waals surface area contributed by atoms with Crippen LogP contribution >= 0.6 is 0 Å². The zero-order valence-electron chi connectivity index (χ0n) is 13.8. The fourth-order valence-electron chi connectivity index (χ4n) is 3.73. The summed E-state index contributed by atoms with van der Waals surface area (Å²) in [6, 6.07) is -0.449. The molecule has 0 aromatic rings. The topological polar surface area (TPSA) is 78.5 Å². The molecule has 2 fully saturated rings. The number of sulfone groups is 1. The molecule has 128 valence electrons. The number of hydrogen-bond acceptors (Lipinski definition) is 4. The van der Waals surface area contributed by atoms with Gasteiger partial charge in [-0.3, -0.25) is 0 Å². The Labute approximate surface area is 133 Å². The Kier molecular flexibility index (Phi) is 5.71. The van der Waals surface area contributed by atoms with Crippen molar-refractivity contribution in [3.63, 3.8) is 0 Å². The summed E-state index contributed by atoms with van der Waals surface area (Å²) in [4.78, 5) is 14.4. The molecule has 2 aliphatic rings. The van der Waals surface area contributed by atoms with Crippen molar-refractivity contribution >= 4 is 15.9 Å². The smallest absolute Gasteiger partial charge is 0.315 e. The number of urea groups is 1. The maximum Gasteiger partial charge on any atom is 0.315 e. The molecule has 2 rings (SSSR count). The highest BCUT2D eigenvalue weighted by Gasteiger charge is 2.29. The number of amides is 2. The van der Waals surface area contributed by atoms with Gasteiger partial charge in [0.2, 0.25) is 0 Å². The van der Waals surface area contributed by atoms with Gasteiger partial charge in [0.05, 0.1) is 11.5 Å². The van der Waals surface area contributed by atoms with Gasteiger partial charge in [-0.05, 0) is 31.6 Å². The van der Waals surface area contributed by atoms with Crippen molar-refractivity contribution in [1.82, 2.24) is 15.5 Å². The van der Waals surface area contributed by atoms with E-state index in [-0.39, 0.29) is 29.6 Å². The van der Waals surface area contributed by atoms with Gasteiger partial charge in [0.25, 0.3) is 0 Å². The van der Waals surface area contributed by atoms with Crippen LogP contribution in [0.25, 0.3) is 0 Å². The highest BCUT2D eigenvalue weighted by atomic mass is 32.2. The van der Waals surface area contributed by atoms with Crippen LogP contribution in [0.5, 0.6) is 0 Å². The summed E-state index contributed by atoms with van der Waals surface area (Å²) in [6.45, 7) is 9.54. The minimum atomic E-state index is -2.96. The minimum Gasteiger partial charge on any atom is -0.334 e. The first-order valence-electron chi connectivity index (χ1n) is 8.23. The summed E-state index contributed by atoms with van der Waals surface area (Å²) in [6.07, 6.45) is 1.79. The molecular formula is C15H29N3O3S. The number of carbonyl (C=O) groups is 1. The largest absolute Gasteiger partial charge is 0.334 e. The van der Waals surface area contributed by atoms with Crippen molar-refractivity contribution in [2.45, 2.75) is 45.7 Å². The number of rotatable bonds is 4. The van der Waals surface area contributed by atoms with Crippen LogP contribution in [0.1, 0.15) is 33.6 Å². The van der Waals surface area contributed by atoms with E-state index < -0.39 is 9.84 Å². The van der Waals surface area contributed by atoms with Crippen molar-refractivity contribution in [2.75, 3.05) is 31.1 Å². The maximum absolute atomic E-state index is 12.0. The van der Waals surface area contributed by atoms with Gasteiger partial charge in [-0.2, -0.15) is 0 Å². The minimum absolute atomic E-state index is 0.0514. The molecule has 0 aliphatic carbocycles. The van der Waals surface area contributed by atoms with Gasteiger partial charge in [0.1, 0.15) is 0 Å².